The zero-order valence-corrected chi connectivity index (χ0v) is 10.2. The molecular weight excluding hydrogens is 236 g/mol. The van der Waals surface area contributed by atoms with Gasteiger partial charge in [-0.2, -0.15) is 0 Å². The first kappa shape index (κ1) is 11.5. The molecule has 3 aromatic carbocycles. The Bertz CT molecular complexity index is 737. The van der Waals surface area contributed by atoms with Crippen LogP contribution >= 0.6 is 0 Å². The Morgan fingerprint density at radius 3 is 2.26 bits per heavy atom. The number of carbonyl (C=O) groups excluding carboxylic acids is 1. The normalized spacial score (nSPS) is 10.5. The highest BCUT2D eigenvalue weighted by atomic mass is 16.3. The van der Waals surface area contributed by atoms with Crippen molar-refractivity contribution in [2.45, 2.75) is 0 Å². The molecule has 0 amide bonds. The molecular formula is C17H12O2. The maximum absolute atomic E-state index is 12.5. The van der Waals surface area contributed by atoms with E-state index < -0.39 is 0 Å². The van der Waals surface area contributed by atoms with Crippen LogP contribution in [0.25, 0.3) is 10.8 Å². The van der Waals surface area contributed by atoms with Gasteiger partial charge in [-0.3, -0.25) is 4.79 Å². The highest BCUT2D eigenvalue weighted by Crippen LogP contribution is 2.22. The molecule has 2 heteroatoms. The smallest absolute Gasteiger partial charge is 0.193 e. The SMILES string of the molecule is O=C(c1ccc(O)cc1)c1cccc2ccccc12. The maximum atomic E-state index is 12.5. The minimum atomic E-state index is -0.0307. The quantitative estimate of drug-likeness (QED) is 0.701. The molecule has 3 aromatic rings. The van der Waals surface area contributed by atoms with E-state index in [0.717, 1.165) is 10.8 Å². The van der Waals surface area contributed by atoms with E-state index in [0.29, 0.717) is 11.1 Å². The van der Waals surface area contributed by atoms with Crippen LogP contribution in [0.1, 0.15) is 15.9 Å². The highest BCUT2D eigenvalue weighted by Gasteiger charge is 2.11. The Morgan fingerprint density at radius 2 is 1.47 bits per heavy atom. The summed E-state index contributed by atoms with van der Waals surface area (Å²) in [5, 5.41) is 11.3. The molecule has 0 saturated heterocycles. The number of fused-ring (bicyclic) bond motifs is 1. The number of benzene rings is 3. The highest BCUT2D eigenvalue weighted by molar-refractivity contribution is 6.16. The van der Waals surface area contributed by atoms with Crippen LogP contribution < -0.4 is 0 Å². The fraction of sp³-hybridized carbons (Fsp3) is 0. The summed E-state index contributed by atoms with van der Waals surface area (Å²) in [6.07, 6.45) is 0. The van der Waals surface area contributed by atoms with Gasteiger partial charge in [-0.15, -0.1) is 0 Å². The molecule has 0 aromatic heterocycles. The van der Waals surface area contributed by atoms with Gasteiger partial charge in [0.15, 0.2) is 5.78 Å². The van der Waals surface area contributed by atoms with Crippen LogP contribution in [0.15, 0.2) is 66.7 Å². The van der Waals surface area contributed by atoms with Gasteiger partial charge in [0.05, 0.1) is 0 Å². The van der Waals surface area contributed by atoms with Crippen molar-refractivity contribution < 1.29 is 9.90 Å². The van der Waals surface area contributed by atoms with Gasteiger partial charge in [0.25, 0.3) is 0 Å². The Balaban J connectivity index is 2.14. The lowest BCUT2D eigenvalue weighted by Crippen LogP contribution is -2.01. The lowest BCUT2D eigenvalue weighted by Gasteiger charge is -2.06. The van der Waals surface area contributed by atoms with Crippen LogP contribution in [-0.4, -0.2) is 10.9 Å². The standard InChI is InChI=1S/C17H12O2/c18-14-10-8-13(9-11-14)17(19)16-7-3-5-12-4-1-2-6-15(12)16/h1-11,18H. The molecule has 0 spiro atoms. The van der Waals surface area contributed by atoms with Crippen LogP contribution in [0.2, 0.25) is 0 Å². The van der Waals surface area contributed by atoms with Gasteiger partial charge >= 0.3 is 0 Å². The summed E-state index contributed by atoms with van der Waals surface area (Å²) >= 11 is 0. The number of phenols is 1. The van der Waals surface area contributed by atoms with E-state index >= 15 is 0 Å². The van der Waals surface area contributed by atoms with Crippen molar-refractivity contribution in [1.29, 1.82) is 0 Å². The Hall–Kier alpha value is -2.61. The average Bonchev–Trinajstić information content (AvgIpc) is 2.47. The fourth-order valence-electron chi connectivity index (χ4n) is 2.19. The van der Waals surface area contributed by atoms with E-state index in [9.17, 15) is 9.90 Å². The molecule has 0 radical (unpaired) electrons. The summed E-state index contributed by atoms with van der Waals surface area (Å²) in [5.41, 5.74) is 1.26. The minimum absolute atomic E-state index is 0.0307. The molecule has 1 N–H and O–H groups in total. The second kappa shape index (κ2) is 4.58. The van der Waals surface area contributed by atoms with Gasteiger partial charge in [-0.25, -0.2) is 0 Å². The van der Waals surface area contributed by atoms with Crippen molar-refractivity contribution in [2.75, 3.05) is 0 Å². The van der Waals surface area contributed by atoms with E-state index in [2.05, 4.69) is 0 Å². The van der Waals surface area contributed by atoms with Crippen LogP contribution in [0.4, 0.5) is 0 Å². The van der Waals surface area contributed by atoms with Crippen LogP contribution in [0, 0.1) is 0 Å². The van der Waals surface area contributed by atoms with Gasteiger partial charge in [-0.1, -0.05) is 42.5 Å². The molecule has 19 heavy (non-hydrogen) atoms. The summed E-state index contributed by atoms with van der Waals surface area (Å²) in [7, 11) is 0. The summed E-state index contributed by atoms with van der Waals surface area (Å²) in [6, 6.07) is 19.9. The second-order valence-electron chi connectivity index (χ2n) is 4.40. The van der Waals surface area contributed by atoms with Crippen molar-refractivity contribution in [2.24, 2.45) is 0 Å². The Labute approximate surface area is 110 Å². The molecule has 92 valence electrons. The summed E-state index contributed by atoms with van der Waals surface area (Å²) in [6.45, 7) is 0. The molecule has 0 fully saturated rings. The monoisotopic (exact) mass is 248 g/mol. The number of aromatic hydroxyl groups is 1. The molecule has 3 rings (SSSR count). The molecule has 0 bridgehead atoms. The van der Waals surface area contributed by atoms with Gasteiger partial charge in [0.1, 0.15) is 5.75 Å². The zero-order chi connectivity index (χ0) is 13.2. The largest absolute Gasteiger partial charge is 0.508 e. The summed E-state index contributed by atoms with van der Waals surface area (Å²) < 4.78 is 0. The van der Waals surface area contributed by atoms with E-state index in [1.54, 1.807) is 12.1 Å². The fourth-order valence-corrected chi connectivity index (χ4v) is 2.19. The molecule has 0 aliphatic heterocycles. The van der Waals surface area contributed by atoms with Gasteiger partial charge in [0.2, 0.25) is 0 Å². The number of rotatable bonds is 2. The van der Waals surface area contributed by atoms with Gasteiger partial charge in [0, 0.05) is 11.1 Å². The van der Waals surface area contributed by atoms with E-state index in [1.807, 2.05) is 42.5 Å². The molecule has 2 nitrogen and oxygen atoms in total. The first-order valence-electron chi connectivity index (χ1n) is 6.07. The number of phenolic OH excluding ortho intramolecular Hbond substituents is 1. The summed E-state index contributed by atoms with van der Waals surface area (Å²) in [5.74, 6) is 0.131. The van der Waals surface area contributed by atoms with Gasteiger partial charge in [-0.05, 0) is 35.0 Å². The number of carbonyl (C=O) groups is 1. The molecule has 0 unspecified atom stereocenters. The zero-order valence-electron chi connectivity index (χ0n) is 10.2. The van der Waals surface area contributed by atoms with Crippen LogP contribution in [0.3, 0.4) is 0 Å². The van der Waals surface area contributed by atoms with Crippen molar-refractivity contribution in [3.05, 3.63) is 77.9 Å². The van der Waals surface area contributed by atoms with E-state index in [-0.39, 0.29) is 11.5 Å². The molecule has 0 saturated carbocycles. The van der Waals surface area contributed by atoms with Crippen molar-refractivity contribution in [3.8, 4) is 5.75 Å². The van der Waals surface area contributed by atoms with E-state index in [1.165, 1.54) is 12.1 Å². The maximum Gasteiger partial charge on any atom is 0.193 e. The third-order valence-electron chi connectivity index (χ3n) is 3.16. The predicted molar refractivity (Wildman–Crippen MR) is 75.5 cm³/mol. The Kier molecular flexibility index (Phi) is 2.76. The number of hydrogen-bond acceptors (Lipinski definition) is 2. The first-order valence-corrected chi connectivity index (χ1v) is 6.07. The second-order valence-corrected chi connectivity index (χ2v) is 4.40. The molecule has 0 atom stereocenters. The molecule has 0 aliphatic rings. The van der Waals surface area contributed by atoms with Crippen molar-refractivity contribution in [3.63, 3.8) is 0 Å². The predicted octanol–water partition coefficient (Wildman–Crippen LogP) is 3.78. The van der Waals surface area contributed by atoms with Crippen molar-refractivity contribution in [1.82, 2.24) is 0 Å². The number of hydrogen-bond donors (Lipinski definition) is 1. The van der Waals surface area contributed by atoms with Crippen LogP contribution in [0.5, 0.6) is 5.75 Å². The Morgan fingerprint density at radius 1 is 0.789 bits per heavy atom. The summed E-state index contributed by atoms with van der Waals surface area (Å²) in [4.78, 5) is 12.5. The number of ketones is 1. The first-order chi connectivity index (χ1) is 9.25. The lowest BCUT2D eigenvalue weighted by molar-refractivity contribution is 0.104. The van der Waals surface area contributed by atoms with E-state index in [4.69, 9.17) is 0 Å². The minimum Gasteiger partial charge on any atom is -0.508 e. The third kappa shape index (κ3) is 2.08. The average molecular weight is 248 g/mol. The molecule has 0 heterocycles. The van der Waals surface area contributed by atoms with Gasteiger partial charge < -0.3 is 5.11 Å². The lowest BCUT2D eigenvalue weighted by atomic mass is 9.97. The third-order valence-corrected chi connectivity index (χ3v) is 3.16. The topological polar surface area (TPSA) is 37.3 Å². The molecule has 0 aliphatic carbocycles. The van der Waals surface area contributed by atoms with Crippen molar-refractivity contribution >= 4 is 16.6 Å². The van der Waals surface area contributed by atoms with Crippen LogP contribution in [-0.2, 0) is 0 Å².